The molecule has 68 valence electrons. The normalized spacial score (nSPS) is 14.7. The highest BCUT2D eigenvalue weighted by Gasteiger charge is 2.12. The Morgan fingerprint density at radius 2 is 2.38 bits per heavy atom. The Morgan fingerprint density at radius 3 is 3.15 bits per heavy atom. The van der Waals surface area contributed by atoms with Gasteiger partial charge < -0.3 is 10.5 Å². The van der Waals surface area contributed by atoms with Gasteiger partial charge in [0, 0.05) is 6.07 Å². The zero-order chi connectivity index (χ0) is 9.26. The first kappa shape index (κ1) is 8.37. The monoisotopic (exact) mass is 195 g/mol. The molecule has 4 nitrogen and oxygen atoms in total. The van der Waals surface area contributed by atoms with Crippen molar-refractivity contribution in [2.45, 2.75) is 5.03 Å². The number of methoxy groups -OCH3 is 1. The van der Waals surface area contributed by atoms with Crippen molar-refractivity contribution in [3.8, 4) is 5.88 Å². The average molecular weight is 195 g/mol. The van der Waals surface area contributed by atoms with Gasteiger partial charge in [-0.15, -0.1) is 0 Å². The van der Waals surface area contributed by atoms with Crippen LogP contribution >= 0.6 is 11.8 Å². The number of aromatic nitrogens is 1. The van der Waals surface area contributed by atoms with Crippen molar-refractivity contribution in [3.63, 3.8) is 0 Å². The smallest absolute Gasteiger partial charge is 0.214 e. The molecule has 0 atom stereocenters. The zero-order valence-corrected chi connectivity index (χ0v) is 7.97. The number of rotatable bonds is 1. The molecule has 0 bridgehead atoms. The molecule has 0 fully saturated rings. The Kier molecular flexibility index (Phi) is 2.10. The molecule has 2 N–H and O–H groups in total. The number of hydrogen-bond acceptors (Lipinski definition) is 5. The van der Waals surface area contributed by atoms with Gasteiger partial charge in [0.2, 0.25) is 5.88 Å². The van der Waals surface area contributed by atoms with E-state index in [1.165, 1.54) is 0 Å². The summed E-state index contributed by atoms with van der Waals surface area (Å²) >= 11 is 1.58. The molecule has 0 saturated carbocycles. The molecule has 0 saturated heterocycles. The van der Waals surface area contributed by atoms with Gasteiger partial charge in [-0.1, -0.05) is 11.8 Å². The van der Waals surface area contributed by atoms with E-state index in [0.29, 0.717) is 17.5 Å². The minimum Gasteiger partial charge on any atom is -0.481 e. The highest BCUT2D eigenvalue weighted by atomic mass is 32.2. The molecule has 0 spiro atoms. The fourth-order valence-corrected chi connectivity index (χ4v) is 1.82. The molecule has 1 aromatic rings. The molecule has 2 rings (SSSR count). The number of amidine groups is 1. The van der Waals surface area contributed by atoms with Gasteiger partial charge in [0.15, 0.2) is 0 Å². The minimum atomic E-state index is 0.613. The van der Waals surface area contributed by atoms with Crippen molar-refractivity contribution in [2.24, 2.45) is 10.7 Å². The molecule has 0 radical (unpaired) electrons. The summed E-state index contributed by atoms with van der Waals surface area (Å²) in [4.78, 5) is 8.42. The number of aliphatic imine (C=N–C) groups is 1. The van der Waals surface area contributed by atoms with Gasteiger partial charge in [-0.25, -0.2) is 9.98 Å². The van der Waals surface area contributed by atoms with E-state index in [9.17, 15) is 0 Å². The maximum Gasteiger partial charge on any atom is 0.214 e. The molecule has 1 aromatic heterocycles. The molecule has 0 aromatic carbocycles. The van der Waals surface area contributed by atoms with Crippen molar-refractivity contribution >= 4 is 23.3 Å². The summed E-state index contributed by atoms with van der Waals surface area (Å²) in [7, 11) is 1.60. The van der Waals surface area contributed by atoms with Crippen LogP contribution in [0.3, 0.4) is 0 Å². The number of hydrogen-bond donors (Lipinski definition) is 1. The van der Waals surface area contributed by atoms with Gasteiger partial charge in [0.1, 0.15) is 10.9 Å². The van der Waals surface area contributed by atoms with Crippen molar-refractivity contribution in [3.05, 3.63) is 12.1 Å². The van der Waals surface area contributed by atoms with Gasteiger partial charge in [-0.05, 0) is 6.07 Å². The minimum absolute atomic E-state index is 0.613. The Morgan fingerprint density at radius 1 is 1.54 bits per heavy atom. The van der Waals surface area contributed by atoms with Crippen molar-refractivity contribution in [1.82, 2.24) is 4.98 Å². The van der Waals surface area contributed by atoms with Crippen LogP contribution in [0.5, 0.6) is 5.88 Å². The quantitative estimate of drug-likeness (QED) is 0.731. The lowest BCUT2D eigenvalue weighted by Crippen LogP contribution is -2.16. The Hall–Kier alpha value is -1.23. The molecule has 2 heterocycles. The fourth-order valence-electron chi connectivity index (χ4n) is 1.05. The number of ether oxygens (including phenoxy) is 1. The predicted molar refractivity (Wildman–Crippen MR) is 52.8 cm³/mol. The molecule has 0 aliphatic carbocycles. The maximum absolute atomic E-state index is 5.59. The molecule has 13 heavy (non-hydrogen) atoms. The Balaban J connectivity index is 2.43. The topological polar surface area (TPSA) is 60.5 Å². The van der Waals surface area contributed by atoms with Crippen LogP contribution < -0.4 is 10.5 Å². The van der Waals surface area contributed by atoms with Gasteiger partial charge >= 0.3 is 0 Å². The summed E-state index contributed by atoms with van der Waals surface area (Å²) in [6.07, 6.45) is 0. The summed E-state index contributed by atoms with van der Waals surface area (Å²) in [6, 6.07) is 3.64. The van der Waals surface area contributed by atoms with E-state index < -0.39 is 0 Å². The first-order valence-electron chi connectivity index (χ1n) is 3.80. The van der Waals surface area contributed by atoms with E-state index in [-0.39, 0.29) is 0 Å². The third-order valence-electron chi connectivity index (χ3n) is 1.64. The highest BCUT2D eigenvalue weighted by molar-refractivity contribution is 8.00. The third-order valence-corrected chi connectivity index (χ3v) is 2.66. The van der Waals surface area contributed by atoms with Crippen LogP contribution in [-0.2, 0) is 0 Å². The zero-order valence-electron chi connectivity index (χ0n) is 7.15. The van der Waals surface area contributed by atoms with Crippen LogP contribution in [0.1, 0.15) is 0 Å². The van der Waals surface area contributed by atoms with E-state index in [2.05, 4.69) is 9.98 Å². The molecule has 1 aliphatic rings. The lowest BCUT2D eigenvalue weighted by Gasteiger charge is -2.11. The lowest BCUT2D eigenvalue weighted by atomic mass is 10.4. The van der Waals surface area contributed by atoms with Crippen molar-refractivity contribution in [2.75, 3.05) is 12.9 Å². The highest BCUT2D eigenvalue weighted by Crippen LogP contribution is 2.32. The van der Waals surface area contributed by atoms with Gasteiger partial charge in [-0.3, -0.25) is 0 Å². The van der Waals surface area contributed by atoms with Crippen LogP contribution in [0.2, 0.25) is 0 Å². The maximum atomic E-state index is 5.59. The standard InChI is InChI=1S/C8H9N3OS/c1-12-7-3-2-5-8(11-7)13-4-6(9)10-5/h2-3H,4H2,1H3,(H2,9,10). The van der Waals surface area contributed by atoms with Crippen LogP contribution in [0, 0.1) is 0 Å². The van der Waals surface area contributed by atoms with Crippen molar-refractivity contribution in [1.29, 1.82) is 0 Å². The van der Waals surface area contributed by atoms with Gasteiger partial charge in [-0.2, -0.15) is 0 Å². The second kappa shape index (κ2) is 3.26. The fraction of sp³-hybridized carbons (Fsp3) is 0.250. The van der Waals surface area contributed by atoms with Crippen LogP contribution in [0.4, 0.5) is 5.69 Å². The third kappa shape index (κ3) is 1.60. The predicted octanol–water partition coefficient (Wildman–Crippen LogP) is 1.18. The first-order chi connectivity index (χ1) is 6.29. The van der Waals surface area contributed by atoms with E-state index in [1.807, 2.05) is 6.07 Å². The molecule has 0 amide bonds. The number of fused-ring (bicyclic) bond motifs is 1. The summed E-state index contributed by atoms with van der Waals surface area (Å²) in [5, 5.41) is 0.883. The Labute approximate surface area is 80.2 Å². The summed E-state index contributed by atoms with van der Waals surface area (Å²) in [5.41, 5.74) is 6.42. The average Bonchev–Trinajstić information content (AvgIpc) is 2.17. The van der Waals surface area contributed by atoms with E-state index in [0.717, 1.165) is 10.7 Å². The van der Waals surface area contributed by atoms with Gasteiger partial charge in [0.05, 0.1) is 18.6 Å². The molecular formula is C8H9N3OS. The SMILES string of the molecule is COc1ccc2c(n1)SCC(N)=N2. The summed E-state index contributed by atoms with van der Waals surface area (Å²) < 4.78 is 5.00. The van der Waals surface area contributed by atoms with Crippen LogP contribution in [0.25, 0.3) is 0 Å². The lowest BCUT2D eigenvalue weighted by molar-refractivity contribution is 0.394. The van der Waals surface area contributed by atoms with Crippen molar-refractivity contribution < 1.29 is 4.74 Å². The summed E-state index contributed by atoms with van der Waals surface area (Å²) in [5.74, 6) is 1.96. The van der Waals surface area contributed by atoms with E-state index in [4.69, 9.17) is 10.5 Å². The molecule has 0 unspecified atom stereocenters. The van der Waals surface area contributed by atoms with E-state index in [1.54, 1.807) is 24.9 Å². The van der Waals surface area contributed by atoms with Crippen LogP contribution in [0.15, 0.2) is 22.2 Å². The van der Waals surface area contributed by atoms with Gasteiger partial charge in [0.25, 0.3) is 0 Å². The largest absolute Gasteiger partial charge is 0.481 e. The molecular weight excluding hydrogens is 186 g/mol. The molecule has 5 heteroatoms. The number of nitrogens with two attached hydrogens (primary N) is 1. The number of pyridine rings is 1. The van der Waals surface area contributed by atoms with Crippen LogP contribution in [-0.4, -0.2) is 23.7 Å². The number of thioether (sulfide) groups is 1. The Bertz CT molecular complexity index is 364. The summed E-state index contributed by atoms with van der Waals surface area (Å²) in [6.45, 7) is 0. The second-order valence-electron chi connectivity index (χ2n) is 2.57. The van der Waals surface area contributed by atoms with E-state index >= 15 is 0 Å². The second-order valence-corrected chi connectivity index (χ2v) is 3.53. The molecule has 1 aliphatic heterocycles. The number of nitrogens with zero attached hydrogens (tertiary/aromatic N) is 2. The first-order valence-corrected chi connectivity index (χ1v) is 4.79.